The van der Waals surface area contributed by atoms with Crippen molar-refractivity contribution in [3.8, 4) is 5.75 Å². The van der Waals surface area contributed by atoms with E-state index < -0.39 is 6.10 Å². The fourth-order valence-corrected chi connectivity index (χ4v) is 2.48. The van der Waals surface area contributed by atoms with Crippen LogP contribution in [0.25, 0.3) is 0 Å². The topological polar surface area (TPSA) is 55.5 Å². The van der Waals surface area contributed by atoms with Crippen LogP contribution >= 0.6 is 0 Å². The number of benzene rings is 2. The van der Waals surface area contributed by atoms with Crippen molar-refractivity contribution in [3.63, 3.8) is 0 Å². The van der Waals surface area contributed by atoms with E-state index in [2.05, 4.69) is 6.07 Å². The number of nitrogens with two attached hydrogens (primary N) is 1. The Morgan fingerprint density at radius 2 is 1.90 bits per heavy atom. The van der Waals surface area contributed by atoms with E-state index in [0.717, 1.165) is 16.7 Å². The summed E-state index contributed by atoms with van der Waals surface area (Å²) in [5.41, 5.74) is 8.86. The molecule has 0 saturated carbocycles. The molecule has 0 radical (unpaired) electrons. The summed E-state index contributed by atoms with van der Waals surface area (Å²) in [5, 5.41) is 10.7. The van der Waals surface area contributed by atoms with Gasteiger partial charge in [-0.3, -0.25) is 0 Å². The fourth-order valence-electron chi connectivity index (χ4n) is 2.48. The average Bonchev–Trinajstić information content (AvgIpc) is 2.48. The predicted octanol–water partition coefficient (Wildman–Crippen LogP) is 2.78. The molecule has 2 aromatic carbocycles. The molecule has 2 atom stereocenters. The van der Waals surface area contributed by atoms with Crippen molar-refractivity contribution in [1.82, 2.24) is 0 Å². The third-order valence-corrected chi connectivity index (χ3v) is 3.56. The summed E-state index contributed by atoms with van der Waals surface area (Å²) < 4.78 is 5.32. The van der Waals surface area contributed by atoms with Crippen LogP contribution < -0.4 is 10.5 Å². The highest BCUT2D eigenvalue weighted by atomic mass is 16.5. The standard InChI is InChI=1S/C17H21NO2/c1-12-6-5-7-13(10-12)15(11-18)17(19)14-8-3-4-9-16(14)20-2/h3-10,15,17,19H,11,18H2,1-2H3. The summed E-state index contributed by atoms with van der Waals surface area (Å²) in [7, 11) is 1.61. The smallest absolute Gasteiger partial charge is 0.124 e. The molecule has 2 aromatic rings. The summed E-state index contributed by atoms with van der Waals surface area (Å²) in [5.74, 6) is 0.539. The molecule has 0 saturated heterocycles. The van der Waals surface area contributed by atoms with E-state index in [9.17, 15) is 5.11 Å². The van der Waals surface area contributed by atoms with E-state index in [0.29, 0.717) is 12.3 Å². The van der Waals surface area contributed by atoms with Gasteiger partial charge in [0.15, 0.2) is 0 Å². The van der Waals surface area contributed by atoms with Crippen molar-refractivity contribution in [2.75, 3.05) is 13.7 Å². The number of para-hydroxylation sites is 1. The first-order valence-electron chi connectivity index (χ1n) is 6.75. The van der Waals surface area contributed by atoms with Gasteiger partial charge in [-0.25, -0.2) is 0 Å². The Morgan fingerprint density at radius 3 is 2.55 bits per heavy atom. The Kier molecular flexibility index (Phi) is 4.77. The Labute approximate surface area is 120 Å². The molecule has 0 aromatic heterocycles. The molecule has 106 valence electrons. The highest BCUT2D eigenvalue weighted by Gasteiger charge is 2.24. The number of aliphatic hydroxyl groups is 1. The van der Waals surface area contributed by atoms with Crippen LogP contribution in [0.5, 0.6) is 5.75 Å². The molecule has 0 fully saturated rings. The molecule has 0 spiro atoms. The number of methoxy groups -OCH3 is 1. The predicted molar refractivity (Wildman–Crippen MR) is 80.9 cm³/mol. The third-order valence-electron chi connectivity index (χ3n) is 3.56. The zero-order chi connectivity index (χ0) is 14.5. The molecular formula is C17H21NO2. The van der Waals surface area contributed by atoms with Crippen LogP contribution in [-0.2, 0) is 0 Å². The van der Waals surface area contributed by atoms with Gasteiger partial charge in [0, 0.05) is 18.0 Å². The summed E-state index contributed by atoms with van der Waals surface area (Å²) >= 11 is 0. The largest absolute Gasteiger partial charge is 0.496 e. The van der Waals surface area contributed by atoms with E-state index in [1.807, 2.05) is 49.4 Å². The van der Waals surface area contributed by atoms with Crippen molar-refractivity contribution in [2.24, 2.45) is 5.73 Å². The Hall–Kier alpha value is -1.84. The van der Waals surface area contributed by atoms with Gasteiger partial charge in [0.05, 0.1) is 13.2 Å². The van der Waals surface area contributed by atoms with E-state index in [1.54, 1.807) is 7.11 Å². The third kappa shape index (κ3) is 3.00. The second kappa shape index (κ2) is 6.55. The molecule has 3 heteroatoms. The lowest BCUT2D eigenvalue weighted by Gasteiger charge is -2.24. The van der Waals surface area contributed by atoms with Gasteiger partial charge in [-0.05, 0) is 18.6 Å². The van der Waals surface area contributed by atoms with Crippen molar-refractivity contribution in [1.29, 1.82) is 0 Å². The van der Waals surface area contributed by atoms with Gasteiger partial charge in [-0.1, -0.05) is 48.0 Å². The van der Waals surface area contributed by atoms with E-state index in [1.165, 1.54) is 0 Å². The number of hydrogen-bond acceptors (Lipinski definition) is 3. The second-order valence-electron chi connectivity index (χ2n) is 4.94. The first kappa shape index (κ1) is 14.6. The molecular weight excluding hydrogens is 250 g/mol. The fraction of sp³-hybridized carbons (Fsp3) is 0.294. The normalized spacial score (nSPS) is 13.8. The first-order chi connectivity index (χ1) is 9.67. The van der Waals surface area contributed by atoms with Gasteiger partial charge in [0.1, 0.15) is 5.75 Å². The molecule has 0 aliphatic heterocycles. The number of aliphatic hydroxyl groups excluding tert-OH is 1. The first-order valence-corrected chi connectivity index (χ1v) is 6.75. The highest BCUT2D eigenvalue weighted by Crippen LogP contribution is 2.35. The Morgan fingerprint density at radius 1 is 1.15 bits per heavy atom. The number of hydrogen-bond donors (Lipinski definition) is 2. The van der Waals surface area contributed by atoms with Crippen LogP contribution in [0.1, 0.15) is 28.7 Å². The molecule has 0 bridgehead atoms. The van der Waals surface area contributed by atoms with Gasteiger partial charge in [-0.2, -0.15) is 0 Å². The minimum Gasteiger partial charge on any atom is -0.496 e. The van der Waals surface area contributed by atoms with Crippen LogP contribution in [-0.4, -0.2) is 18.8 Å². The summed E-state index contributed by atoms with van der Waals surface area (Å²) in [6.07, 6.45) is -0.682. The zero-order valence-electron chi connectivity index (χ0n) is 11.9. The minimum atomic E-state index is -0.682. The molecule has 0 aliphatic rings. The van der Waals surface area contributed by atoms with Gasteiger partial charge >= 0.3 is 0 Å². The molecule has 2 rings (SSSR count). The monoisotopic (exact) mass is 271 g/mol. The lowest BCUT2D eigenvalue weighted by Crippen LogP contribution is -2.20. The molecule has 3 N–H and O–H groups in total. The maximum atomic E-state index is 10.7. The molecule has 0 amide bonds. The number of aryl methyl sites for hydroxylation is 1. The molecule has 0 aliphatic carbocycles. The SMILES string of the molecule is COc1ccccc1C(O)C(CN)c1cccc(C)c1. The van der Waals surface area contributed by atoms with Crippen molar-refractivity contribution < 1.29 is 9.84 Å². The van der Waals surface area contributed by atoms with Crippen LogP contribution in [0.4, 0.5) is 0 Å². The maximum Gasteiger partial charge on any atom is 0.124 e. The van der Waals surface area contributed by atoms with Crippen LogP contribution in [0, 0.1) is 6.92 Å². The van der Waals surface area contributed by atoms with Gasteiger partial charge in [-0.15, -0.1) is 0 Å². The van der Waals surface area contributed by atoms with Crippen molar-refractivity contribution >= 4 is 0 Å². The Balaban J connectivity index is 2.36. The van der Waals surface area contributed by atoms with Crippen LogP contribution in [0.3, 0.4) is 0 Å². The number of ether oxygens (including phenoxy) is 1. The summed E-state index contributed by atoms with van der Waals surface area (Å²) in [4.78, 5) is 0. The summed E-state index contributed by atoms with van der Waals surface area (Å²) in [6.45, 7) is 2.41. The molecule has 3 nitrogen and oxygen atoms in total. The quantitative estimate of drug-likeness (QED) is 0.879. The van der Waals surface area contributed by atoms with Crippen molar-refractivity contribution in [2.45, 2.75) is 18.9 Å². The van der Waals surface area contributed by atoms with E-state index in [4.69, 9.17) is 10.5 Å². The summed E-state index contributed by atoms with van der Waals surface area (Å²) in [6, 6.07) is 15.6. The average molecular weight is 271 g/mol. The number of rotatable bonds is 5. The van der Waals surface area contributed by atoms with Crippen LogP contribution in [0.15, 0.2) is 48.5 Å². The zero-order valence-corrected chi connectivity index (χ0v) is 11.9. The Bertz CT molecular complexity index is 568. The molecule has 0 heterocycles. The van der Waals surface area contributed by atoms with E-state index >= 15 is 0 Å². The van der Waals surface area contributed by atoms with Gasteiger partial charge in [0.25, 0.3) is 0 Å². The van der Waals surface area contributed by atoms with Gasteiger partial charge in [0.2, 0.25) is 0 Å². The lowest BCUT2D eigenvalue weighted by molar-refractivity contribution is 0.144. The maximum absolute atomic E-state index is 10.7. The lowest BCUT2D eigenvalue weighted by atomic mass is 9.88. The van der Waals surface area contributed by atoms with Gasteiger partial charge < -0.3 is 15.6 Å². The minimum absolute atomic E-state index is 0.147. The molecule has 20 heavy (non-hydrogen) atoms. The second-order valence-corrected chi connectivity index (χ2v) is 4.94. The van der Waals surface area contributed by atoms with Crippen molar-refractivity contribution in [3.05, 3.63) is 65.2 Å². The molecule has 2 unspecified atom stereocenters. The highest BCUT2D eigenvalue weighted by molar-refractivity contribution is 5.38. The van der Waals surface area contributed by atoms with E-state index in [-0.39, 0.29) is 5.92 Å². The van der Waals surface area contributed by atoms with Crippen LogP contribution in [0.2, 0.25) is 0 Å².